The summed E-state index contributed by atoms with van der Waals surface area (Å²) < 4.78 is 0. The Kier molecular flexibility index (Phi) is 7.66. The molecule has 0 saturated carbocycles. The monoisotopic (exact) mass is 604 g/mol. The number of rotatable bonds is 7. The number of hydrogen-bond donors (Lipinski definition) is 0. The summed E-state index contributed by atoms with van der Waals surface area (Å²) in [6.45, 7) is 0. The molecule has 0 spiro atoms. The van der Waals surface area contributed by atoms with Crippen LogP contribution >= 0.6 is 11.6 Å². The summed E-state index contributed by atoms with van der Waals surface area (Å²) in [6, 6.07) is 71.5. The number of fused-ring (bicyclic) bond motifs is 1. The molecule has 0 nitrogen and oxygen atoms in total. The van der Waals surface area contributed by atoms with E-state index in [1.165, 1.54) is 54.6 Å². The van der Waals surface area contributed by atoms with E-state index in [4.69, 9.17) is 0 Å². The van der Waals surface area contributed by atoms with E-state index < -0.39 is 5.31 Å². The zero-order valence-electron chi connectivity index (χ0n) is 25.5. The Bertz CT molecular complexity index is 2060. The summed E-state index contributed by atoms with van der Waals surface area (Å²) in [7, 11) is 0. The van der Waals surface area contributed by atoms with E-state index in [0.29, 0.717) is 0 Å². The summed E-state index contributed by atoms with van der Waals surface area (Å²) in [4.78, 5) is 1.31. The van der Waals surface area contributed by atoms with Crippen LogP contribution in [0.3, 0.4) is 0 Å². The summed E-state index contributed by atoms with van der Waals surface area (Å²) >= 11 is 2.04. The fraction of sp³-hybridized carbons (Fsp3) is 0.0455. The highest BCUT2D eigenvalue weighted by Crippen LogP contribution is 2.64. The second kappa shape index (κ2) is 12.4. The molecule has 46 heavy (non-hydrogen) atoms. The van der Waals surface area contributed by atoms with Crippen molar-refractivity contribution in [3.8, 4) is 0 Å². The van der Waals surface area contributed by atoms with Gasteiger partial charge in [0.25, 0.3) is 0 Å². The third-order valence-electron chi connectivity index (χ3n) is 9.47. The Morgan fingerprint density at radius 1 is 0.435 bits per heavy atom. The smallest absolute Gasteiger partial charge is 0.173 e. The minimum atomic E-state index is -0.475. The van der Waals surface area contributed by atoms with E-state index in [-0.39, 0.29) is 11.8 Å². The third kappa shape index (κ3) is 4.82. The van der Waals surface area contributed by atoms with Gasteiger partial charge in [0.2, 0.25) is 5.99 Å². The van der Waals surface area contributed by atoms with Gasteiger partial charge < -0.3 is 0 Å². The molecular weight excluding hydrogens is 571 g/mol. The molecule has 0 radical (unpaired) electrons. The van der Waals surface area contributed by atoms with Crippen LogP contribution in [-0.2, 0) is 5.31 Å². The van der Waals surface area contributed by atoms with E-state index in [1.807, 2.05) is 11.6 Å². The fourth-order valence-corrected chi connectivity index (χ4v) is 9.36. The fourth-order valence-electron chi connectivity index (χ4n) is 7.62. The second-order valence-corrected chi connectivity index (χ2v) is 13.1. The molecule has 7 aromatic carbocycles. The van der Waals surface area contributed by atoms with Crippen LogP contribution in [0.4, 0.5) is 0 Å². The van der Waals surface area contributed by atoms with Gasteiger partial charge >= 0.3 is 0 Å². The summed E-state index contributed by atoms with van der Waals surface area (Å²) in [5.41, 5.74) is 9.26. The molecular formula is C44H33BS. The highest BCUT2D eigenvalue weighted by Gasteiger charge is 2.59. The van der Waals surface area contributed by atoms with E-state index in [9.17, 15) is 0 Å². The van der Waals surface area contributed by atoms with Crippen molar-refractivity contribution >= 4 is 39.5 Å². The lowest BCUT2D eigenvalue weighted by atomic mass is 9.40. The molecule has 7 aromatic rings. The standard InChI is InChI=1S/C44H33BS/c1-6-20-34(21-7-1)41-42(35-22-8-2-9-23-35)44(37-27-12-4-13-28-37,38-29-14-5-15-30-38)45(43(41)36-24-10-3-11-25-36)46-40-32-18-26-33-19-16-17-31-39(33)40/h1-32,43H. The molecule has 0 saturated heterocycles. The second-order valence-electron chi connectivity index (χ2n) is 12.0. The first kappa shape index (κ1) is 28.4. The highest BCUT2D eigenvalue weighted by molar-refractivity contribution is 8.26. The van der Waals surface area contributed by atoms with E-state index in [2.05, 4.69) is 194 Å². The van der Waals surface area contributed by atoms with Crippen molar-refractivity contribution in [1.82, 2.24) is 0 Å². The van der Waals surface area contributed by atoms with Gasteiger partial charge in [-0.05, 0) is 55.8 Å². The molecule has 1 heterocycles. The van der Waals surface area contributed by atoms with Gasteiger partial charge in [0, 0.05) is 16.0 Å². The molecule has 1 aliphatic rings. The van der Waals surface area contributed by atoms with Crippen molar-refractivity contribution in [2.45, 2.75) is 16.0 Å². The summed E-state index contributed by atoms with van der Waals surface area (Å²) in [5, 5.41) is 2.09. The van der Waals surface area contributed by atoms with Gasteiger partial charge in [-0.2, -0.15) is 11.6 Å². The Hall–Kier alpha value is -5.05. The molecule has 0 bridgehead atoms. The van der Waals surface area contributed by atoms with Gasteiger partial charge in [-0.1, -0.05) is 188 Å². The van der Waals surface area contributed by atoms with E-state index in [1.54, 1.807) is 0 Å². The first-order valence-electron chi connectivity index (χ1n) is 16.0. The summed E-state index contributed by atoms with van der Waals surface area (Å²) in [5.74, 6) is 0.194. The van der Waals surface area contributed by atoms with Crippen LogP contribution in [0.1, 0.15) is 33.6 Å². The van der Waals surface area contributed by atoms with Crippen LogP contribution < -0.4 is 0 Å². The molecule has 0 N–H and O–H groups in total. The van der Waals surface area contributed by atoms with E-state index >= 15 is 0 Å². The van der Waals surface area contributed by atoms with Gasteiger partial charge in [-0.15, -0.1) is 0 Å². The van der Waals surface area contributed by atoms with Crippen LogP contribution in [0, 0.1) is 0 Å². The third-order valence-corrected chi connectivity index (χ3v) is 11.0. The molecule has 0 aliphatic carbocycles. The number of benzene rings is 7. The normalized spacial score (nSPS) is 15.7. The molecule has 218 valence electrons. The molecule has 1 atom stereocenters. The minimum absolute atomic E-state index is 0.0934. The van der Waals surface area contributed by atoms with Gasteiger partial charge in [0.05, 0.1) is 0 Å². The van der Waals surface area contributed by atoms with Gasteiger partial charge in [0.1, 0.15) is 0 Å². The lowest BCUT2D eigenvalue weighted by Gasteiger charge is -2.40. The van der Waals surface area contributed by atoms with Crippen LogP contribution in [0.2, 0.25) is 0 Å². The Morgan fingerprint density at radius 3 is 1.52 bits per heavy atom. The lowest BCUT2D eigenvalue weighted by molar-refractivity contribution is 0.929. The SMILES string of the molecule is c1ccc(C2=C(c3ccccc3)C(c3ccccc3)(c3ccccc3)B(Sc3cccc4ccccc34)C2c2ccccc2)cc1. The average Bonchev–Trinajstić information content (AvgIpc) is 3.45. The van der Waals surface area contributed by atoms with Crippen LogP contribution in [0.15, 0.2) is 199 Å². The highest BCUT2D eigenvalue weighted by atomic mass is 32.2. The van der Waals surface area contributed by atoms with Crippen molar-refractivity contribution in [2.75, 3.05) is 0 Å². The Morgan fingerprint density at radius 2 is 0.913 bits per heavy atom. The molecule has 2 heteroatoms. The zero-order valence-corrected chi connectivity index (χ0v) is 26.4. The molecule has 0 amide bonds. The topological polar surface area (TPSA) is 0 Å². The molecule has 1 aliphatic heterocycles. The number of hydrogen-bond acceptors (Lipinski definition) is 1. The molecule has 0 fully saturated rings. The lowest BCUT2D eigenvalue weighted by Crippen LogP contribution is -2.43. The largest absolute Gasteiger partial charge is 0.248 e. The Balaban J connectivity index is 1.55. The van der Waals surface area contributed by atoms with Crippen molar-refractivity contribution in [1.29, 1.82) is 0 Å². The van der Waals surface area contributed by atoms with Crippen molar-refractivity contribution in [2.24, 2.45) is 0 Å². The first-order chi connectivity index (χ1) is 22.9. The Labute approximate surface area is 276 Å². The van der Waals surface area contributed by atoms with Gasteiger partial charge in [-0.25, -0.2) is 0 Å². The van der Waals surface area contributed by atoms with Crippen molar-refractivity contribution in [3.05, 3.63) is 222 Å². The first-order valence-corrected chi connectivity index (χ1v) is 16.9. The van der Waals surface area contributed by atoms with Crippen LogP contribution in [0.25, 0.3) is 21.9 Å². The van der Waals surface area contributed by atoms with Crippen molar-refractivity contribution < 1.29 is 0 Å². The quantitative estimate of drug-likeness (QED) is 0.163. The van der Waals surface area contributed by atoms with E-state index in [0.717, 1.165) is 0 Å². The molecule has 8 rings (SSSR count). The average molecular weight is 605 g/mol. The van der Waals surface area contributed by atoms with Crippen LogP contribution in [-0.4, -0.2) is 5.99 Å². The van der Waals surface area contributed by atoms with Gasteiger partial charge in [0.15, 0.2) is 0 Å². The zero-order chi connectivity index (χ0) is 30.8. The van der Waals surface area contributed by atoms with Gasteiger partial charge in [-0.3, -0.25) is 0 Å². The molecule has 1 unspecified atom stereocenters. The van der Waals surface area contributed by atoms with Crippen LogP contribution in [0.5, 0.6) is 0 Å². The summed E-state index contributed by atoms with van der Waals surface area (Å²) in [6.07, 6.45) is 0. The molecule has 0 aromatic heterocycles. The maximum Gasteiger partial charge on any atom is 0.248 e. The predicted molar refractivity (Wildman–Crippen MR) is 198 cm³/mol. The predicted octanol–water partition coefficient (Wildman–Crippen LogP) is 11.4. The minimum Gasteiger partial charge on any atom is -0.173 e. The number of allylic oxidation sites excluding steroid dienone is 2. The van der Waals surface area contributed by atoms with Crippen molar-refractivity contribution in [3.63, 3.8) is 0 Å². The maximum absolute atomic E-state index is 2.35. The maximum atomic E-state index is 2.35.